The van der Waals surface area contributed by atoms with Crippen LogP contribution >= 0.6 is 0 Å². The van der Waals surface area contributed by atoms with Crippen LogP contribution in [0.4, 0.5) is 0 Å². The molecular weight excluding hydrogens is 482 g/mol. The zero-order chi connectivity index (χ0) is 20.5. The maximum absolute atomic E-state index is 3.78. The molecule has 0 N–H and O–H groups in total. The van der Waals surface area contributed by atoms with Crippen LogP contribution in [0.5, 0.6) is 0 Å². The maximum atomic E-state index is 3.78. The minimum Gasteiger partial charge on any atom is -1.00 e. The van der Waals surface area contributed by atoms with E-state index in [0.29, 0.717) is 0 Å². The first kappa shape index (κ1) is 32.5. The molecule has 8 nitrogen and oxygen atoms in total. The van der Waals surface area contributed by atoms with Crippen molar-refractivity contribution in [2.24, 2.45) is 0 Å². The smallest absolute Gasteiger partial charge is 1.00 e. The van der Waals surface area contributed by atoms with E-state index in [9.17, 15) is 0 Å². The standard InChI is InChI=1S/4C5H6N2.2ClH.Co/c4*1-2-7-4-3-6-5-7;;;/h4*2-5H,1H2;2*1H;/q;;;;;;+2/p-2. The van der Waals surface area contributed by atoms with E-state index in [-0.39, 0.29) is 41.6 Å². The molecule has 0 aliphatic rings. The van der Waals surface area contributed by atoms with Gasteiger partial charge in [-0.15, -0.1) is 0 Å². The Labute approximate surface area is 205 Å². The van der Waals surface area contributed by atoms with Gasteiger partial charge in [-0.1, -0.05) is 26.3 Å². The summed E-state index contributed by atoms with van der Waals surface area (Å²) >= 11 is 0. The largest absolute Gasteiger partial charge is 2.00 e. The molecular formula is C20H24Cl2CoN8. The van der Waals surface area contributed by atoms with Crippen LogP contribution in [-0.4, -0.2) is 38.2 Å². The first-order chi connectivity index (χ1) is 13.7. The van der Waals surface area contributed by atoms with E-state index >= 15 is 0 Å². The van der Waals surface area contributed by atoms with Crippen LogP contribution in [0.2, 0.25) is 0 Å². The van der Waals surface area contributed by atoms with Crippen molar-refractivity contribution in [2.75, 3.05) is 0 Å². The van der Waals surface area contributed by atoms with Crippen molar-refractivity contribution in [3.8, 4) is 0 Å². The third-order valence-electron chi connectivity index (χ3n) is 2.94. The summed E-state index contributed by atoms with van der Waals surface area (Å²) in [6.45, 7) is 14.1. The predicted octanol–water partition coefficient (Wildman–Crippen LogP) is -2.06. The van der Waals surface area contributed by atoms with Crippen LogP contribution in [0.15, 0.2) is 101 Å². The topological polar surface area (TPSA) is 71.3 Å². The Balaban J connectivity index is -0.000000327. The summed E-state index contributed by atoms with van der Waals surface area (Å²) < 4.78 is 7.11. The number of aromatic nitrogens is 8. The van der Waals surface area contributed by atoms with Gasteiger partial charge >= 0.3 is 16.8 Å². The fourth-order valence-electron chi connectivity index (χ4n) is 1.51. The average Bonchev–Trinajstić information content (AvgIpc) is 3.57. The third-order valence-corrected chi connectivity index (χ3v) is 2.94. The first-order valence-corrected chi connectivity index (χ1v) is 8.13. The number of rotatable bonds is 4. The molecule has 0 aliphatic heterocycles. The molecule has 167 valence electrons. The van der Waals surface area contributed by atoms with E-state index in [0.717, 1.165) is 0 Å². The van der Waals surface area contributed by atoms with Gasteiger partial charge in [-0.3, -0.25) is 0 Å². The Morgan fingerprint density at radius 2 is 0.645 bits per heavy atom. The van der Waals surface area contributed by atoms with Gasteiger partial charge in [-0.25, -0.2) is 19.9 Å². The summed E-state index contributed by atoms with van der Waals surface area (Å²) in [7, 11) is 0. The van der Waals surface area contributed by atoms with Crippen molar-refractivity contribution in [2.45, 2.75) is 0 Å². The number of nitrogens with zero attached hydrogens (tertiary/aromatic N) is 8. The van der Waals surface area contributed by atoms with E-state index in [1.165, 1.54) is 0 Å². The third kappa shape index (κ3) is 15.4. The summed E-state index contributed by atoms with van der Waals surface area (Å²) in [5.74, 6) is 0. The summed E-state index contributed by atoms with van der Waals surface area (Å²) in [5.41, 5.74) is 0. The summed E-state index contributed by atoms with van der Waals surface area (Å²) in [5, 5.41) is 0. The maximum Gasteiger partial charge on any atom is 2.00 e. The number of hydrogen-bond acceptors (Lipinski definition) is 4. The fraction of sp³-hybridized carbons (Fsp3) is 0. The molecule has 31 heavy (non-hydrogen) atoms. The predicted molar refractivity (Wildman–Crippen MR) is 114 cm³/mol. The zero-order valence-electron chi connectivity index (χ0n) is 16.7. The molecule has 0 amide bonds. The van der Waals surface area contributed by atoms with Gasteiger partial charge in [0.25, 0.3) is 0 Å². The second kappa shape index (κ2) is 21.6. The molecule has 0 atom stereocenters. The van der Waals surface area contributed by atoms with Gasteiger partial charge in [0.1, 0.15) is 0 Å². The minimum absolute atomic E-state index is 0. The van der Waals surface area contributed by atoms with E-state index in [2.05, 4.69) is 46.3 Å². The molecule has 4 aromatic rings. The van der Waals surface area contributed by atoms with Gasteiger partial charge in [-0.05, 0) is 0 Å². The zero-order valence-corrected chi connectivity index (χ0v) is 19.3. The van der Waals surface area contributed by atoms with Crippen LogP contribution in [0.1, 0.15) is 0 Å². The van der Waals surface area contributed by atoms with Crippen molar-refractivity contribution in [1.29, 1.82) is 0 Å². The van der Waals surface area contributed by atoms with Gasteiger partial charge < -0.3 is 43.1 Å². The van der Waals surface area contributed by atoms with E-state index in [1.807, 2.05) is 24.8 Å². The van der Waals surface area contributed by atoms with Crippen molar-refractivity contribution < 1.29 is 41.6 Å². The number of imidazole rings is 4. The minimum atomic E-state index is 0. The van der Waals surface area contributed by atoms with Gasteiger partial charge in [-0.2, -0.15) is 0 Å². The summed E-state index contributed by atoms with van der Waals surface area (Å²) in [6.07, 6.45) is 27.6. The Kier molecular flexibility index (Phi) is 22.7. The second-order valence-electron chi connectivity index (χ2n) is 4.77. The molecule has 0 saturated heterocycles. The number of halogens is 2. The Hall–Kier alpha value is -3.11. The first-order valence-electron chi connectivity index (χ1n) is 8.13. The van der Waals surface area contributed by atoms with E-state index in [4.69, 9.17) is 0 Å². The normalized spacial score (nSPS) is 7.74. The molecule has 0 aromatic carbocycles. The Bertz CT molecular complexity index is 734. The SMILES string of the molecule is C=Cn1ccnc1.C=Cn1ccnc1.C=Cn1ccnc1.C=Cn1ccnc1.[Cl-].[Cl-].[Co+2]. The molecule has 4 aromatic heterocycles. The molecule has 11 heteroatoms. The average molecular weight is 506 g/mol. The van der Waals surface area contributed by atoms with E-state index < -0.39 is 0 Å². The fourth-order valence-corrected chi connectivity index (χ4v) is 1.51. The molecule has 0 fully saturated rings. The summed E-state index contributed by atoms with van der Waals surface area (Å²) in [6, 6.07) is 0. The van der Waals surface area contributed by atoms with Crippen LogP contribution in [0, 0.1) is 0 Å². The second-order valence-corrected chi connectivity index (χ2v) is 4.77. The molecule has 0 bridgehead atoms. The molecule has 0 saturated carbocycles. The Morgan fingerprint density at radius 1 is 0.452 bits per heavy atom. The van der Waals surface area contributed by atoms with Crippen LogP contribution in [0.25, 0.3) is 24.8 Å². The van der Waals surface area contributed by atoms with Crippen LogP contribution in [0.3, 0.4) is 0 Å². The quantitative estimate of drug-likeness (QED) is 0.320. The van der Waals surface area contributed by atoms with Crippen molar-refractivity contribution in [1.82, 2.24) is 38.2 Å². The van der Waals surface area contributed by atoms with Crippen molar-refractivity contribution in [3.63, 3.8) is 0 Å². The number of hydrogen-bond donors (Lipinski definition) is 0. The summed E-state index contributed by atoms with van der Waals surface area (Å²) in [4.78, 5) is 15.1. The molecule has 4 heterocycles. The van der Waals surface area contributed by atoms with Crippen LogP contribution in [-0.2, 0) is 16.8 Å². The van der Waals surface area contributed by atoms with Gasteiger partial charge in [0.15, 0.2) is 0 Å². The molecule has 0 aliphatic carbocycles. The molecule has 0 unspecified atom stereocenters. The van der Waals surface area contributed by atoms with Crippen molar-refractivity contribution in [3.05, 3.63) is 101 Å². The molecule has 0 spiro atoms. The van der Waals surface area contributed by atoms with Crippen LogP contribution < -0.4 is 24.8 Å². The molecule has 1 radical (unpaired) electrons. The van der Waals surface area contributed by atoms with Gasteiger partial charge in [0.05, 0.1) is 25.3 Å². The monoisotopic (exact) mass is 505 g/mol. The van der Waals surface area contributed by atoms with Gasteiger partial charge in [0.2, 0.25) is 0 Å². The molecule has 4 rings (SSSR count). The van der Waals surface area contributed by atoms with E-state index in [1.54, 1.807) is 93.2 Å². The van der Waals surface area contributed by atoms with Crippen molar-refractivity contribution >= 4 is 24.8 Å². The van der Waals surface area contributed by atoms with Gasteiger partial charge in [0, 0.05) is 74.4 Å². The Morgan fingerprint density at radius 3 is 0.710 bits per heavy atom.